The van der Waals surface area contributed by atoms with E-state index in [1.54, 1.807) is 30.3 Å². The van der Waals surface area contributed by atoms with Crippen LogP contribution in [-0.4, -0.2) is 17.4 Å². The summed E-state index contributed by atoms with van der Waals surface area (Å²) < 4.78 is 12.9. The third-order valence-corrected chi connectivity index (χ3v) is 6.16. The third kappa shape index (κ3) is 6.93. The van der Waals surface area contributed by atoms with Gasteiger partial charge in [0.1, 0.15) is 18.2 Å². The second-order valence-electron chi connectivity index (χ2n) is 7.58. The molecule has 36 heavy (non-hydrogen) atoms. The summed E-state index contributed by atoms with van der Waals surface area (Å²) in [5.41, 5.74) is 2.78. The van der Waals surface area contributed by atoms with Crippen molar-refractivity contribution in [3.8, 4) is 17.6 Å². The van der Waals surface area contributed by atoms with E-state index < -0.39 is 10.8 Å². The number of carbonyl (C=O) groups is 1. The summed E-state index contributed by atoms with van der Waals surface area (Å²) in [6, 6.07) is 16.8. The minimum absolute atomic E-state index is 0.00400. The first-order valence-corrected chi connectivity index (χ1v) is 12.3. The van der Waals surface area contributed by atoms with Gasteiger partial charge >= 0.3 is 0 Å². The van der Waals surface area contributed by atoms with Crippen molar-refractivity contribution in [1.29, 1.82) is 5.26 Å². The quantitative estimate of drug-likeness (QED) is 0.121. The lowest BCUT2D eigenvalue weighted by Crippen LogP contribution is -2.14. The van der Waals surface area contributed by atoms with Gasteiger partial charge in [-0.05, 0) is 105 Å². The Morgan fingerprint density at radius 3 is 2.33 bits per heavy atom. The van der Waals surface area contributed by atoms with E-state index >= 15 is 0 Å². The number of nitro groups is 1. The van der Waals surface area contributed by atoms with Crippen molar-refractivity contribution in [3.05, 3.63) is 95.9 Å². The molecule has 0 aliphatic carbocycles. The smallest absolute Gasteiger partial charge is 0.269 e. The van der Waals surface area contributed by atoms with Crippen LogP contribution >= 0.6 is 31.9 Å². The van der Waals surface area contributed by atoms with Gasteiger partial charge in [0.25, 0.3) is 11.6 Å². The number of nitrogens with zero attached hydrogens (tertiary/aromatic N) is 2. The average Bonchev–Trinajstić information content (AvgIpc) is 2.84. The standard InChI is InChI=1S/C26H21Br2N3O5/c1-3-35-24-13-18(6-9-23(24)36-15-17-4-7-20(8-5-17)31(33)34)12-19(14-29)26(32)30-25-21(27)10-16(2)11-22(25)28/h4-13H,3,15H2,1-2H3,(H,30,32)/b19-12+. The third-order valence-electron chi connectivity index (χ3n) is 4.91. The average molecular weight is 615 g/mol. The van der Waals surface area contributed by atoms with Crippen LogP contribution in [0.1, 0.15) is 23.6 Å². The van der Waals surface area contributed by atoms with Gasteiger partial charge in [0, 0.05) is 21.1 Å². The lowest BCUT2D eigenvalue weighted by atomic mass is 10.1. The molecule has 0 saturated heterocycles. The van der Waals surface area contributed by atoms with Crippen LogP contribution in [0, 0.1) is 28.4 Å². The van der Waals surface area contributed by atoms with Crippen molar-refractivity contribution in [2.45, 2.75) is 20.5 Å². The summed E-state index contributed by atoms with van der Waals surface area (Å²) in [7, 11) is 0. The first-order valence-electron chi connectivity index (χ1n) is 10.7. The van der Waals surface area contributed by atoms with Crippen LogP contribution in [0.2, 0.25) is 0 Å². The van der Waals surface area contributed by atoms with Crippen molar-refractivity contribution < 1.29 is 19.2 Å². The summed E-state index contributed by atoms with van der Waals surface area (Å²) in [4.78, 5) is 23.2. The number of aryl methyl sites for hydroxylation is 1. The van der Waals surface area contributed by atoms with E-state index in [2.05, 4.69) is 37.2 Å². The maximum absolute atomic E-state index is 12.8. The SMILES string of the molecule is CCOc1cc(/C=C(\C#N)C(=O)Nc2c(Br)cc(C)cc2Br)ccc1OCc1ccc([N+](=O)[O-])cc1. The Hall–Kier alpha value is -3.68. The Kier molecular flexibility index (Phi) is 9.22. The van der Waals surface area contributed by atoms with Gasteiger partial charge in [-0.3, -0.25) is 14.9 Å². The Bertz CT molecular complexity index is 1340. The zero-order valence-electron chi connectivity index (χ0n) is 19.4. The monoisotopic (exact) mass is 613 g/mol. The number of carbonyl (C=O) groups excluding carboxylic acids is 1. The molecule has 0 unspecified atom stereocenters. The van der Waals surface area contributed by atoms with Crippen LogP contribution in [0.25, 0.3) is 6.08 Å². The summed E-state index contributed by atoms with van der Waals surface area (Å²) in [5, 5.41) is 23.2. The summed E-state index contributed by atoms with van der Waals surface area (Å²) in [6.07, 6.45) is 1.47. The molecule has 0 fully saturated rings. The molecular weight excluding hydrogens is 594 g/mol. The number of nitrogens with one attached hydrogen (secondary N) is 1. The normalized spacial score (nSPS) is 10.9. The van der Waals surface area contributed by atoms with E-state index in [-0.39, 0.29) is 17.9 Å². The molecule has 0 heterocycles. The Labute approximate surface area is 224 Å². The lowest BCUT2D eigenvalue weighted by Gasteiger charge is -2.13. The first kappa shape index (κ1) is 26.9. The topological polar surface area (TPSA) is 114 Å². The number of anilines is 1. The molecule has 8 nitrogen and oxygen atoms in total. The molecule has 0 aromatic heterocycles. The second kappa shape index (κ2) is 12.3. The molecular formula is C26H21Br2N3O5. The van der Waals surface area contributed by atoms with Crippen molar-refractivity contribution in [1.82, 2.24) is 0 Å². The van der Waals surface area contributed by atoms with Crippen molar-refractivity contribution in [2.75, 3.05) is 11.9 Å². The number of nitriles is 1. The van der Waals surface area contributed by atoms with E-state index in [0.717, 1.165) is 11.1 Å². The molecule has 0 aliphatic rings. The molecule has 1 amide bonds. The van der Waals surface area contributed by atoms with Crippen LogP contribution in [-0.2, 0) is 11.4 Å². The van der Waals surface area contributed by atoms with Crippen molar-refractivity contribution in [2.24, 2.45) is 0 Å². The zero-order valence-corrected chi connectivity index (χ0v) is 22.6. The molecule has 184 valence electrons. The number of benzene rings is 3. The summed E-state index contributed by atoms with van der Waals surface area (Å²) in [6.45, 7) is 4.31. The predicted octanol–water partition coefficient (Wildman–Crippen LogP) is 6.95. The Morgan fingerprint density at radius 1 is 1.08 bits per heavy atom. The molecule has 3 aromatic rings. The van der Waals surface area contributed by atoms with Gasteiger partial charge in [0.15, 0.2) is 11.5 Å². The van der Waals surface area contributed by atoms with E-state index in [4.69, 9.17) is 9.47 Å². The predicted molar refractivity (Wildman–Crippen MR) is 144 cm³/mol. The number of hydrogen-bond acceptors (Lipinski definition) is 6. The molecule has 0 atom stereocenters. The van der Waals surface area contributed by atoms with Crippen LogP contribution in [0.3, 0.4) is 0 Å². The van der Waals surface area contributed by atoms with E-state index in [1.807, 2.05) is 32.0 Å². The number of amides is 1. The van der Waals surface area contributed by atoms with Gasteiger partial charge in [-0.1, -0.05) is 6.07 Å². The highest BCUT2D eigenvalue weighted by Crippen LogP contribution is 2.33. The molecule has 10 heteroatoms. The van der Waals surface area contributed by atoms with Crippen LogP contribution in [0.4, 0.5) is 11.4 Å². The van der Waals surface area contributed by atoms with Gasteiger partial charge in [-0.25, -0.2) is 0 Å². The van der Waals surface area contributed by atoms with E-state index in [0.29, 0.717) is 38.3 Å². The largest absolute Gasteiger partial charge is 0.490 e. The molecule has 0 saturated carbocycles. The Morgan fingerprint density at radius 2 is 1.75 bits per heavy atom. The van der Waals surface area contributed by atoms with Gasteiger partial charge in [-0.15, -0.1) is 0 Å². The lowest BCUT2D eigenvalue weighted by molar-refractivity contribution is -0.384. The number of ether oxygens (including phenoxy) is 2. The maximum atomic E-state index is 12.8. The molecule has 1 N–H and O–H groups in total. The van der Waals surface area contributed by atoms with Crippen molar-refractivity contribution in [3.63, 3.8) is 0 Å². The molecule has 3 aromatic carbocycles. The Balaban J connectivity index is 1.79. The minimum Gasteiger partial charge on any atom is -0.490 e. The van der Waals surface area contributed by atoms with Crippen LogP contribution in [0.5, 0.6) is 11.5 Å². The highest BCUT2D eigenvalue weighted by molar-refractivity contribution is 9.11. The van der Waals surface area contributed by atoms with E-state index in [1.165, 1.54) is 18.2 Å². The molecule has 0 spiro atoms. The van der Waals surface area contributed by atoms with Crippen LogP contribution < -0.4 is 14.8 Å². The highest BCUT2D eigenvalue weighted by atomic mass is 79.9. The summed E-state index contributed by atoms with van der Waals surface area (Å²) in [5.74, 6) is 0.344. The number of nitro benzene ring substituents is 1. The second-order valence-corrected chi connectivity index (χ2v) is 9.29. The van der Waals surface area contributed by atoms with Gasteiger partial charge in [-0.2, -0.15) is 5.26 Å². The summed E-state index contributed by atoms with van der Waals surface area (Å²) >= 11 is 6.87. The zero-order chi connectivity index (χ0) is 26.2. The van der Waals surface area contributed by atoms with Gasteiger partial charge in [0.2, 0.25) is 0 Å². The molecule has 0 bridgehead atoms. The fourth-order valence-electron chi connectivity index (χ4n) is 3.19. The molecule has 0 radical (unpaired) electrons. The highest BCUT2D eigenvalue weighted by Gasteiger charge is 2.15. The van der Waals surface area contributed by atoms with Gasteiger partial charge in [0.05, 0.1) is 17.2 Å². The van der Waals surface area contributed by atoms with Crippen LogP contribution in [0.15, 0.2) is 69.1 Å². The molecule has 0 aliphatic heterocycles. The fraction of sp³-hybridized carbons (Fsp3) is 0.154. The number of halogens is 2. The fourth-order valence-corrected chi connectivity index (χ4v) is 4.81. The first-order chi connectivity index (χ1) is 17.2. The number of rotatable bonds is 9. The van der Waals surface area contributed by atoms with Gasteiger partial charge < -0.3 is 14.8 Å². The minimum atomic E-state index is -0.556. The number of non-ortho nitro benzene ring substituents is 1. The van der Waals surface area contributed by atoms with Crippen molar-refractivity contribution >= 4 is 55.2 Å². The number of hydrogen-bond donors (Lipinski definition) is 1. The molecule has 3 rings (SSSR count). The van der Waals surface area contributed by atoms with E-state index in [9.17, 15) is 20.2 Å². The maximum Gasteiger partial charge on any atom is 0.269 e.